The molecule has 15 heavy (non-hydrogen) atoms. The first kappa shape index (κ1) is 10.8. The molecule has 1 fully saturated rings. The van der Waals surface area contributed by atoms with E-state index in [1.54, 1.807) is 0 Å². The van der Waals surface area contributed by atoms with E-state index in [9.17, 15) is 0 Å². The number of benzene rings is 1. The second-order valence-electron chi connectivity index (χ2n) is 4.22. The van der Waals surface area contributed by atoms with Crippen LogP contribution >= 0.6 is 15.9 Å². The van der Waals surface area contributed by atoms with Crippen molar-refractivity contribution >= 4 is 27.3 Å². The smallest absolute Gasteiger partial charge is 0.0615 e. The molecule has 82 valence electrons. The predicted molar refractivity (Wildman–Crippen MR) is 69.9 cm³/mol. The Morgan fingerprint density at radius 3 is 2.47 bits per heavy atom. The first-order chi connectivity index (χ1) is 7.18. The minimum absolute atomic E-state index is 1.16. The minimum atomic E-state index is 1.16. The molecule has 1 aromatic carbocycles. The van der Waals surface area contributed by atoms with Crippen LogP contribution in [0.1, 0.15) is 12.8 Å². The Morgan fingerprint density at radius 1 is 1.20 bits per heavy atom. The number of nitrogens with zero attached hydrogens (tertiary/aromatic N) is 2. The summed E-state index contributed by atoms with van der Waals surface area (Å²) in [5.74, 6) is 0. The molecule has 0 atom stereocenters. The Kier molecular flexibility index (Phi) is 3.19. The fourth-order valence-electron chi connectivity index (χ4n) is 2.09. The first-order valence-electron chi connectivity index (χ1n) is 5.40. The van der Waals surface area contributed by atoms with Crippen LogP contribution in [0.25, 0.3) is 0 Å². The van der Waals surface area contributed by atoms with E-state index in [1.165, 1.54) is 37.3 Å². The Hall–Kier alpha value is -0.700. The zero-order chi connectivity index (χ0) is 10.8. The van der Waals surface area contributed by atoms with Crippen LogP contribution in [0.3, 0.4) is 0 Å². The third kappa shape index (κ3) is 2.28. The zero-order valence-corrected chi connectivity index (χ0v) is 10.9. The van der Waals surface area contributed by atoms with Crippen LogP contribution in [0.15, 0.2) is 22.7 Å². The molecule has 1 aliphatic heterocycles. The van der Waals surface area contributed by atoms with Crippen molar-refractivity contribution in [3.63, 3.8) is 0 Å². The summed E-state index contributed by atoms with van der Waals surface area (Å²) in [6.07, 6.45) is 2.64. The van der Waals surface area contributed by atoms with Crippen LogP contribution in [-0.2, 0) is 0 Å². The van der Waals surface area contributed by atoms with Crippen LogP contribution < -0.4 is 9.80 Å². The van der Waals surface area contributed by atoms with Gasteiger partial charge in [-0.25, -0.2) is 0 Å². The molecule has 0 radical (unpaired) electrons. The van der Waals surface area contributed by atoms with Gasteiger partial charge in [0.15, 0.2) is 0 Å². The molecule has 2 nitrogen and oxygen atoms in total. The van der Waals surface area contributed by atoms with E-state index in [-0.39, 0.29) is 0 Å². The molecule has 0 N–H and O–H groups in total. The van der Waals surface area contributed by atoms with Gasteiger partial charge in [0.1, 0.15) is 0 Å². The molecular weight excluding hydrogens is 252 g/mol. The van der Waals surface area contributed by atoms with Gasteiger partial charge in [-0.2, -0.15) is 0 Å². The average molecular weight is 269 g/mol. The van der Waals surface area contributed by atoms with Crippen LogP contribution in [0.2, 0.25) is 0 Å². The van der Waals surface area contributed by atoms with E-state index >= 15 is 0 Å². The lowest BCUT2D eigenvalue weighted by Crippen LogP contribution is -2.21. The fraction of sp³-hybridized carbons (Fsp3) is 0.500. The highest BCUT2D eigenvalue weighted by Gasteiger charge is 2.16. The number of halogens is 1. The molecule has 1 aliphatic rings. The fourth-order valence-corrected chi connectivity index (χ4v) is 2.44. The molecule has 1 saturated heterocycles. The largest absolute Gasteiger partial charge is 0.376 e. The highest BCUT2D eigenvalue weighted by Crippen LogP contribution is 2.33. The summed E-state index contributed by atoms with van der Waals surface area (Å²) in [6.45, 7) is 2.38. The van der Waals surface area contributed by atoms with E-state index < -0.39 is 0 Å². The van der Waals surface area contributed by atoms with E-state index in [0.29, 0.717) is 0 Å². The molecule has 0 saturated carbocycles. The highest BCUT2D eigenvalue weighted by atomic mass is 79.9. The van der Waals surface area contributed by atoms with Gasteiger partial charge in [-0.3, -0.25) is 0 Å². The van der Waals surface area contributed by atoms with Crippen molar-refractivity contribution in [2.24, 2.45) is 0 Å². The Labute approximate surface area is 100 Å². The molecule has 0 amide bonds. The number of hydrogen-bond acceptors (Lipinski definition) is 2. The van der Waals surface area contributed by atoms with Gasteiger partial charge in [0, 0.05) is 31.7 Å². The summed E-state index contributed by atoms with van der Waals surface area (Å²) < 4.78 is 1.16. The lowest BCUT2D eigenvalue weighted by Gasteiger charge is -2.25. The van der Waals surface area contributed by atoms with Crippen molar-refractivity contribution in [3.8, 4) is 0 Å². The SMILES string of the molecule is CN(C)c1ccc(Br)cc1N1CCCC1. The second-order valence-corrected chi connectivity index (χ2v) is 5.14. The molecule has 0 aliphatic carbocycles. The van der Waals surface area contributed by atoms with Crippen molar-refractivity contribution in [2.75, 3.05) is 37.0 Å². The minimum Gasteiger partial charge on any atom is -0.376 e. The van der Waals surface area contributed by atoms with Crippen LogP contribution in [-0.4, -0.2) is 27.2 Å². The third-order valence-corrected chi connectivity index (χ3v) is 3.36. The maximum absolute atomic E-state index is 3.55. The second kappa shape index (κ2) is 4.44. The van der Waals surface area contributed by atoms with E-state index in [4.69, 9.17) is 0 Å². The molecule has 0 bridgehead atoms. The van der Waals surface area contributed by atoms with Crippen LogP contribution in [0.5, 0.6) is 0 Å². The number of hydrogen-bond donors (Lipinski definition) is 0. The van der Waals surface area contributed by atoms with Crippen molar-refractivity contribution in [1.29, 1.82) is 0 Å². The van der Waals surface area contributed by atoms with Gasteiger partial charge in [0.2, 0.25) is 0 Å². The lowest BCUT2D eigenvalue weighted by molar-refractivity contribution is 0.949. The molecule has 1 aromatic rings. The summed E-state index contributed by atoms with van der Waals surface area (Å²) in [4.78, 5) is 4.65. The summed E-state index contributed by atoms with van der Waals surface area (Å²) in [7, 11) is 4.20. The topological polar surface area (TPSA) is 6.48 Å². The quantitative estimate of drug-likeness (QED) is 0.814. The van der Waals surface area contributed by atoms with Gasteiger partial charge in [0.25, 0.3) is 0 Å². The summed E-state index contributed by atoms with van der Waals surface area (Å²) in [5, 5.41) is 0. The van der Waals surface area contributed by atoms with Crippen LogP contribution in [0, 0.1) is 0 Å². The molecule has 3 heteroatoms. The zero-order valence-electron chi connectivity index (χ0n) is 9.33. The number of anilines is 2. The van der Waals surface area contributed by atoms with E-state index in [0.717, 1.165) is 4.47 Å². The number of rotatable bonds is 2. The van der Waals surface area contributed by atoms with Crippen molar-refractivity contribution in [3.05, 3.63) is 22.7 Å². The van der Waals surface area contributed by atoms with Gasteiger partial charge in [-0.15, -0.1) is 0 Å². The molecule has 0 spiro atoms. The van der Waals surface area contributed by atoms with Crippen molar-refractivity contribution in [2.45, 2.75) is 12.8 Å². The molecule has 0 aromatic heterocycles. The molecular formula is C12H17BrN2. The van der Waals surface area contributed by atoms with Gasteiger partial charge in [-0.1, -0.05) is 15.9 Å². The molecule has 0 unspecified atom stereocenters. The summed E-state index contributed by atoms with van der Waals surface area (Å²) in [6, 6.07) is 6.51. The monoisotopic (exact) mass is 268 g/mol. The Morgan fingerprint density at radius 2 is 1.87 bits per heavy atom. The summed E-state index contributed by atoms with van der Waals surface area (Å²) >= 11 is 3.55. The normalized spacial score (nSPS) is 15.8. The van der Waals surface area contributed by atoms with Gasteiger partial charge in [-0.05, 0) is 31.0 Å². The maximum Gasteiger partial charge on any atom is 0.0615 e. The average Bonchev–Trinajstić information content (AvgIpc) is 2.69. The van der Waals surface area contributed by atoms with Gasteiger partial charge in [0.05, 0.1) is 11.4 Å². The van der Waals surface area contributed by atoms with E-state index in [2.05, 4.69) is 58.0 Å². The van der Waals surface area contributed by atoms with Gasteiger partial charge < -0.3 is 9.80 Å². The standard InChI is InChI=1S/C12H17BrN2/c1-14(2)11-6-5-10(13)9-12(11)15-7-3-4-8-15/h5-6,9H,3-4,7-8H2,1-2H3. The Balaban J connectivity index is 2.37. The van der Waals surface area contributed by atoms with Gasteiger partial charge >= 0.3 is 0 Å². The first-order valence-corrected chi connectivity index (χ1v) is 6.19. The van der Waals surface area contributed by atoms with Crippen molar-refractivity contribution in [1.82, 2.24) is 0 Å². The van der Waals surface area contributed by atoms with Crippen molar-refractivity contribution < 1.29 is 0 Å². The lowest BCUT2D eigenvalue weighted by atomic mass is 10.2. The van der Waals surface area contributed by atoms with E-state index in [1.807, 2.05) is 0 Å². The Bertz CT molecular complexity index is 343. The molecule has 1 heterocycles. The van der Waals surface area contributed by atoms with Crippen LogP contribution in [0.4, 0.5) is 11.4 Å². The predicted octanol–water partition coefficient (Wildman–Crippen LogP) is 3.12. The molecule has 2 rings (SSSR count). The third-order valence-electron chi connectivity index (χ3n) is 2.87. The maximum atomic E-state index is 3.55. The highest BCUT2D eigenvalue weighted by molar-refractivity contribution is 9.10. The summed E-state index contributed by atoms with van der Waals surface area (Å²) in [5.41, 5.74) is 2.66.